The average Bonchev–Trinajstić information content (AvgIpc) is 2.51. The van der Waals surface area contributed by atoms with Crippen molar-refractivity contribution in [1.29, 1.82) is 0 Å². The zero-order valence-electron chi connectivity index (χ0n) is 9.54. The molecule has 6 heteroatoms. The maximum absolute atomic E-state index is 12.0. The van der Waals surface area contributed by atoms with E-state index in [-0.39, 0.29) is 28.8 Å². The molecule has 0 spiro atoms. The van der Waals surface area contributed by atoms with Crippen LogP contribution in [0.15, 0.2) is 11.3 Å². The van der Waals surface area contributed by atoms with E-state index in [4.69, 9.17) is 4.74 Å². The molecule has 1 saturated heterocycles. The van der Waals surface area contributed by atoms with E-state index < -0.39 is 12.3 Å². The van der Waals surface area contributed by atoms with Gasteiger partial charge in [0.25, 0.3) is 0 Å². The Labute approximate surface area is 103 Å². The fourth-order valence-corrected chi connectivity index (χ4v) is 4.19. The van der Waals surface area contributed by atoms with Crippen LogP contribution < -0.4 is 0 Å². The Morgan fingerprint density at radius 3 is 2.82 bits per heavy atom. The minimum Gasteiger partial charge on any atom is -0.427 e. The lowest BCUT2D eigenvalue weighted by atomic mass is 9.86. The Kier molecular flexibility index (Phi) is 2.28. The van der Waals surface area contributed by atoms with Crippen molar-refractivity contribution in [2.75, 3.05) is 5.75 Å². The van der Waals surface area contributed by atoms with Gasteiger partial charge < -0.3 is 9.84 Å². The Hall–Kier alpha value is -1.01. The van der Waals surface area contributed by atoms with E-state index in [0.717, 1.165) is 0 Å². The SMILES string of the molecule is CC(C)C1C(=O)N2C3=C(CSC12)C(O)OC3=O. The van der Waals surface area contributed by atoms with Crippen molar-refractivity contribution in [1.82, 2.24) is 4.90 Å². The molecule has 3 atom stereocenters. The summed E-state index contributed by atoms with van der Waals surface area (Å²) in [5, 5.41) is 9.56. The van der Waals surface area contributed by atoms with Crippen LogP contribution in [0.2, 0.25) is 0 Å². The van der Waals surface area contributed by atoms with Crippen LogP contribution in [0.5, 0.6) is 0 Å². The van der Waals surface area contributed by atoms with Crippen molar-refractivity contribution in [3.63, 3.8) is 0 Å². The molecule has 0 aliphatic carbocycles. The van der Waals surface area contributed by atoms with Gasteiger partial charge in [0.2, 0.25) is 12.2 Å². The molecule has 0 radical (unpaired) electrons. The Balaban J connectivity index is 1.95. The van der Waals surface area contributed by atoms with Gasteiger partial charge in [-0.1, -0.05) is 13.8 Å². The number of esters is 1. The molecule has 3 aliphatic heterocycles. The van der Waals surface area contributed by atoms with Crippen LogP contribution in [-0.2, 0) is 14.3 Å². The summed E-state index contributed by atoms with van der Waals surface area (Å²) in [4.78, 5) is 25.1. The average molecular weight is 255 g/mol. The lowest BCUT2D eigenvalue weighted by Crippen LogP contribution is -2.62. The first-order valence-corrected chi connectivity index (χ1v) is 6.64. The van der Waals surface area contributed by atoms with E-state index in [1.165, 1.54) is 4.90 Å². The van der Waals surface area contributed by atoms with Gasteiger partial charge in [-0.05, 0) is 5.92 Å². The van der Waals surface area contributed by atoms with Gasteiger partial charge in [-0.3, -0.25) is 9.69 Å². The molecular formula is C11H13NO4S. The van der Waals surface area contributed by atoms with Crippen molar-refractivity contribution in [3.8, 4) is 0 Å². The van der Waals surface area contributed by atoms with Gasteiger partial charge in [0.15, 0.2) is 0 Å². The van der Waals surface area contributed by atoms with Crippen LogP contribution in [0.3, 0.4) is 0 Å². The third kappa shape index (κ3) is 1.31. The molecule has 0 saturated carbocycles. The molecule has 3 unspecified atom stereocenters. The van der Waals surface area contributed by atoms with Crippen LogP contribution in [0.25, 0.3) is 0 Å². The lowest BCUT2D eigenvalue weighted by Gasteiger charge is -2.50. The van der Waals surface area contributed by atoms with E-state index in [9.17, 15) is 14.7 Å². The maximum atomic E-state index is 12.0. The number of nitrogens with zero attached hydrogens (tertiary/aromatic N) is 1. The zero-order valence-corrected chi connectivity index (χ0v) is 10.4. The highest BCUT2D eigenvalue weighted by Crippen LogP contribution is 2.48. The molecule has 3 heterocycles. The second-order valence-electron chi connectivity index (χ2n) is 4.81. The van der Waals surface area contributed by atoms with Crippen LogP contribution in [0, 0.1) is 11.8 Å². The van der Waals surface area contributed by atoms with Gasteiger partial charge in [0, 0.05) is 11.3 Å². The molecule has 5 nitrogen and oxygen atoms in total. The van der Waals surface area contributed by atoms with E-state index in [2.05, 4.69) is 0 Å². The second kappa shape index (κ2) is 3.49. The van der Waals surface area contributed by atoms with Gasteiger partial charge in [-0.2, -0.15) is 0 Å². The minimum absolute atomic E-state index is 0.0269. The highest BCUT2D eigenvalue weighted by atomic mass is 32.2. The third-order valence-corrected chi connectivity index (χ3v) is 4.79. The molecule has 3 aliphatic rings. The maximum Gasteiger partial charge on any atom is 0.357 e. The predicted octanol–water partition coefficient (Wildman–Crippen LogP) is 0.303. The number of carbonyl (C=O) groups excluding carboxylic acids is 2. The fraction of sp³-hybridized carbons (Fsp3) is 0.636. The van der Waals surface area contributed by atoms with Crippen LogP contribution in [0.1, 0.15) is 13.8 Å². The summed E-state index contributed by atoms with van der Waals surface area (Å²) >= 11 is 1.59. The first kappa shape index (κ1) is 11.1. The number of hydrogen-bond donors (Lipinski definition) is 1. The number of β-lactam (4-membered cyclic amide) rings is 1. The molecule has 0 aromatic carbocycles. The van der Waals surface area contributed by atoms with E-state index in [1.54, 1.807) is 11.8 Å². The van der Waals surface area contributed by atoms with E-state index in [0.29, 0.717) is 11.3 Å². The molecule has 0 aromatic rings. The first-order valence-electron chi connectivity index (χ1n) is 5.59. The quantitative estimate of drug-likeness (QED) is 0.539. The summed E-state index contributed by atoms with van der Waals surface area (Å²) in [6.07, 6.45) is -1.17. The van der Waals surface area contributed by atoms with Crippen molar-refractivity contribution < 1.29 is 19.4 Å². The first-order chi connectivity index (χ1) is 8.02. The number of aliphatic hydroxyl groups excluding tert-OH is 1. The normalized spacial score (nSPS) is 35.8. The second-order valence-corrected chi connectivity index (χ2v) is 5.92. The third-order valence-electron chi connectivity index (χ3n) is 3.47. The zero-order chi connectivity index (χ0) is 12.3. The largest absolute Gasteiger partial charge is 0.427 e. The monoisotopic (exact) mass is 255 g/mol. The van der Waals surface area contributed by atoms with Crippen molar-refractivity contribution in [2.24, 2.45) is 11.8 Å². The molecule has 1 N–H and O–H groups in total. The molecule has 1 amide bonds. The minimum atomic E-state index is -1.17. The van der Waals surface area contributed by atoms with Gasteiger partial charge in [0.1, 0.15) is 5.70 Å². The molecular weight excluding hydrogens is 242 g/mol. The predicted molar refractivity (Wildman–Crippen MR) is 60.5 cm³/mol. The molecule has 92 valence electrons. The standard InChI is InChI=1S/C11H13NO4S/c1-4(2)6-8(13)12-7-5(3-17-9(6)12)10(14)16-11(7)15/h4,6,9-10,14H,3H2,1-2H3. The Bertz CT molecular complexity index is 445. The number of carbonyl (C=O) groups is 2. The summed E-state index contributed by atoms with van der Waals surface area (Å²) in [7, 11) is 0. The van der Waals surface area contributed by atoms with Crippen molar-refractivity contribution in [2.45, 2.75) is 25.5 Å². The number of thioether (sulfide) groups is 1. The van der Waals surface area contributed by atoms with Crippen molar-refractivity contribution >= 4 is 23.6 Å². The molecule has 0 bridgehead atoms. The molecule has 0 aromatic heterocycles. The Morgan fingerprint density at radius 2 is 2.18 bits per heavy atom. The number of fused-ring (bicyclic) bond motifs is 2. The lowest BCUT2D eigenvalue weighted by molar-refractivity contribution is -0.159. The number of hydrogen-bond acceptors (Lipinski definition) is 5. The van der Waals surface area contributed by atoms with Gasteiger partial charge in [-0.15, -0.1) is 11.8 Å². The highest BCUT2D eigenvalue weighted by Gasteiger charge is 2.57. The van der Waals surface area contributed by atoms with Crippen LogP contribution >= 0.6 is 11.8 Å². The molecule has 17 heavy (non-hydrogen) atoms. The number of aliphatic hydroxyl groups is 1. The summed E-state index contributed by atoms with van der Waals surface area (Å²) in [5.74, 6) is 0.185. The number of rotatable bonds is 1. The fourth-order valence-electron chi connectivity index (χ4n) is 2.56. The summed E-state index contributed by atoms with van der Waals surface area (Å²) in [6, 6.07) is 0. The van der Waals surface area contributed by atoms with E-state index >= 15 is 0 Å². The van der Waals surface area contributed by atoms with Crippen LogP contribution in [-0.4, -0.2) is 39.3 Å². The topological polar surface area (TPSA) is 66.8 Å². The summed E-state index contributed by atoms with van der Waals surface area (Å²) < 4.78 is 4.74. The number of ether oxygens (including phenoxy) is 1. The number of cyclic esters (lactones) is 1. The van der Waals surface area contributed by atoms with Gasteiger partial charge >= 0.3 is 5.97 Å². The summed E-state index contributed by atoms with van der Waals surface area (Å²) in [5.41, 5.74) is 0.815. The van der Waals surface area contributed by atoms with Gasteiger partial charge in [0.05, 0.1) is 11.3 Å². The van der Waals surface area contributed by atoms with Gasteiger partial charge in [-0.25, -0.2) is 4.79 Å². The molecule has 3 rings (SSSR count). The highest BCUT2D eigenvalue weighted by molar-refractivity contribution is 8.00. The smallest absolute Gasteiger partial charge is 0.357 e. The summed E-state index contributed by atoms with van der Waals surface area (Å²) in [6.45, 7) is 4.01. The Morgan fingerprint density at radius 1 is 1.47 bits per heavy atom. The van der Waals surface area contributed by atoms with Crippen LogP contribution in [0.4, 0.5) is 0 Å². The number of amides is 1. The van der Waals surface area contributed by atoms with Crippen molar-refractivity contribution in [3.05, 3.63) is 11.3 Å². The molecule has 1 fully saturated rings. The van der Waals surface area contributed by atoms with E-state index in [1.807, 2.05) is 13.8 Å².